The quantitative estimate of drug-likeness (QED) is 0.630. The van der Waals surface area contributed by atoms with E-state index in [2.05, 4.69) is 25.8 Å². The van der Waals surface area contributed by atoms with E-state index in [1.807, 2.05) is 64.1 Å². The summed E-state index contributed by atoms with van der Waals surface area (Å²) in [5, 5.41) is 12.1. The molecule has 0 unspecified atom stereocenters. The number of nitriles is 1. The normalized spacial score (nSPS) is 11.5. The molecule has 2 rings (SSSR count). The maximum Gasteiger partial charge on any atom is 0.262 e. The fourth-order valence-electron chi connectivity index (χ4n) is 2.59. The molecule has 4 nitrogen and oxygen atoms in total. The van der Waals surface area contributed by atoms with Gasteiger partial charge in [-0.2, -0.15) is 5.26 Å². The predicted octanol–water partition coefficient (Wildman–Crippen LogP) is 4.29. The molecule has 0 aliphatic rings. The molecule has 0 atom stereocenters. The monoisotopic (exact) mass is 385 g/mol. The third kappa shape index (κ3) is 3.95. The highest BCUT2D eigenvalue weighted by atomic mass is 79.9. The molecule has 0 saturated carbocycles. The van der Waals surface area contributed by atoms with E-state index in [1.54, 1.807) is 6.08 Å². The molecular formula is C19H20BrN3O. The zero-order chi connectivity index (χ0) is 17.9. The van der Waals surface area contributed by atoms with Crippen LogP contribution < -0.4 is 5.32 Å². The minimum Gasteiger partial charge on any atom is -0.349 e. The van der Waals surface area contributed by atoms with Gasteiger partial charge in [-0.1, -0.05) is 22.0 Å². The van der Waals surface area contributed by atoms with Gasteiger partial charge in [-0.3, -0.25) is 4.79 Å². The molecule has 1 aromatic heterocycles. The van der Waals surface area contributed by atoms with Crippen molar-refractivity contribution in [3.05, 3.63) is 57.3 Å². The zero-order valence-electron chi connectivity index (χ0n) is 14.2. The summed E-state index contributed by atoms with van der Waals surface area (Å²) in [6.45, 7) is 7.72. The summed E-state index contributed by atoms with van der Waals surface area (Å²) >= 11 is 3.49. The van der Waals surface area contributed by atoms with E-state index >= 15 is 0 Å². The smallest absolute Gasteiger partial charge is 0.262 e. The third-order valence-electron chi connectivity index (χ3n) is 3.62. The topological polar surface area (TPSA) is 57.8 Å². The molecule has 1 amide bonds. The van der Waals surface area contributed by atoms with Gasteiger partial charge in [-0.15, -0.1) is 0 Å². The molecule has 0 spiro atoms. The number of aryl methyl sites for hydroxylation is 1. The maximum atomic E-state index is 12.1. The molecular weight excluding hydrogens is 366 g/mol. The summed E-state index contributed by atoms with van der Waals surface area (Å²) in [4.78, 5) is 12.1. The number of hydrogen-bond donors (Lipinski definition) is 1. The van der Waals surface area contributed by atoms with Crippen LogP contribution >= 0.6 is 15.9 Å². The van der Waals surface area contributed by atoms with Gasteiger partial charge in [0, 0.05) is 27.6 Å². The number of amides is 1. The lowest BCUT2D eigenvalue weighted by molar-refractivity contribution is -0.117. The molecule has 0 bridgehead atoms. The number of halogens is 1. The molecule has 1 heterocycles. The van der Waals surface area contributed by atoms with Crippen LogP contribution in [0.4, 0.5) is 0 Å². The van der Waals surface area contributed by atoms with Crippen LogP contribution in [-0.2, 0) is 4.79 Å². The van der Waals surface area contributed by atoms with Gasteiger partial charge in [-0.25, -0.2) is 0 Å². The van der Waals surface area contributed by atoms with Crippen molar-refractivity contribution in [2.24, 2.45) is 0 Å². The Bertz CT molecular complexity index is 841. The van der Waals surface area contributed by atoms with Crippen LogP contribution in [0.25, 0.3) is 11.8 Å². The highest BCUT2D eigenvalue weighted by Gasteiger charge is 2.14. The first-order valence-corrected chi connectivity index (χ1v) is 8.50. The van der Waals surface area contributed by atoms with Gasteiger partial charge in [0.1, 0.15) is 11.6 Å². The average molecular weight is 386 g/mol. The second-order valence-electron chi connectivity index (χ2n) is 5.94. The molecule has 0 fully saturated rings. The lowest BCUT2D eigenvalue weighted by atomic mass is 10.1. The van der Waals surface area contributed by atoms with Crippen LogP contribution in [0.1, 0.15) is 30.8 Å². The first-order valence-electron chi connectivity index (χ1n) is 7.71. The molecule has 0 aliphatic carbocycles. The van der Waals surface area contributed by atoms with Gasteiger partial charge in [0.25, 0.3) is 5.91 Å². The first kappa shape index (κ1) is 18.0. The van der Waals surface area contributed by atoms with E-state index in [4.69, 9.17) is 0 Å². The van der Waals surface area contributed by atoms with Crippen molar-refractivity contribution in [2.75, 3.05) is 0 Å². The molecule has 1 N–H and O–H groups in total. The Morgan fingerprint density at radius 2 is 2.04 bits per heavy atom. The van der Waals surface area contributed by atoms with Crippen molar-refractivity contribution in [1.82, 2.24) is 9.88 Å². The van der Waals surface area contributed by atoms with E-state index in [-0.39, 0.29) is 17.5 Å². The second-order valence-corrected chi connectivity index (χ2v) is 6.86. The van der Waals surface area contributed by atoms with Crippen molar-refractivity contribution in [3.8, 4) is 11.8 Å². The largest absolute Gasteiger partial charge is 0.349 e. The van der Waals surface area contributed by atoms with Crippen molar-refractivity contribution < 1.29 is 4.79 Å². The molecule has 5 heteroatoms. The summed E-state index contributed by atoms with van der Waals surface area (Å²) in [6.07, 6.45) is 1.65. The predicted molar refractivity (Wildman–Crippen MR) is 99.8 cm³/mol. The van der Waals surface area contributed by atoms with Gasteiger partial charge in [0.15, 0.2) is 0 Å². The van der Waals surface area contributed by atoms with Gasteiger partial charge in [0.2, 0.25) is 0 Å². The number of carbonyl (C=O) groups excluding carboxylic acids is 1. The fourth-order valence-corrected chi connectivity index (χ4v) is 2.98. The number of carbonyl (C=O) groups is 1. The van der Waals surface area contributed by atoms with Gasteiger partial charge in [-0.05, 0) is 63.6 Å². The Labute approximate surface area is 150 Å². The molecule has 1 aromatic carbocycles. The van der Waals surface area contributed by atoms with Gasteiger partial charge in [0.05, 0.1) is 0 Å². The van der Waals surface area contributed by atoms with E-state index in [0.29, 0.717) is 0 Å². The SMILES string of the molecule is Cc1cc(/C=C(/C#N)C(=O)NC(C)C)c(C)n1-c1cccc(Br)c1. The summed E-state index contributed by atoms with van der Waals surface area (Å²) in [6, 6.07) is 12.0. The average Bonchev–Trinajstić information content (AvgIpc) is 2.78. The van der Waals surface area contributed by atoms with Crippen LogP contribution in [-0.4, -0.2) is 16.5 Å². The summed E-state index contributed by atoms with van der Waals surface area (Å²) in [5.41, 5.74) is 4.03. The van der Waals surface area contributed by atoms with E-state index in [9.17, 15) is 10.1 Å². The van der Waals surface area contributed by atoms with E-state index in [1.165, 1.54) is 0 Å². The molecule has 0 radical (unpaired) electrons. The van der Waals surface area contributed by atoms with Gasteiger partial charge < -0.3 is 9.88 Å². The number of aromatic nitrogens is 1. The first-order chi connectivity index (χ1) is 11.3. The number of nitrogens with one attached hydrogen (secondary N) is 1. The Balaban J connectivity index is 2.47. The number of hydrogen-bond acceptors (Lipinski definition) is 2. The fraction of sp³-hybridized carbons (Fsp3) is 0.263. The third-order valence-corrected chi connectivity index (χ3v) is 4.11. The second kappa shape index (κ2) is 7.50. The lowest BCUT2D eigenvalue weighted by Gasteiger charge is -2.10. The van der Waals surface area contributed by atoms with Crippen LogP contribution in [0.5, 0.6) is 0 Å². The van der Waals surface area contributed by atoms with Gasteiger partial charge >= 0.3 is 0 Å². The van der Waals surface area contributed by atoms with E-state index in [0.717, 1.165) is 27.1 Å². The Kier molecular flexibility index (Phi) is 5.63. The number of benzene rings is 1. The highest BCUT2D eigenvalue weighted by Crippen LogP contribution is 2.24. The molecule has 124 valence electrons. The van der Waals surface area contributed by atoms with Crippen molar-refractivity contribution in [3.63, 3.8) is 0 Å². The van der Waals surface area contributed by atoms with Crippen molar-refractivity contribution in [2.45, 2.75) is 33.7 Å². The highest BCUT2D eigenvalue weighted by molar-refractivity contribution is 9.10. The standard InChI is InChI=1S/C19H20BrN3O/c1-12(2)22-19(24)16(11-21)9-15-8-13(3)23(14(15)4)18-7-5-6-17(20)10-18/h5-10,12H,1-4H3,(H,22,24)/b16-9-. The van der Waals surface area contributed by atoms with Crippen LogP contribution in [0.2, 0.25) is 0 Å². The van der Waals surface area contributed by atoms with Crippen LogP contribution in [0.3, 0.4) is 0 Å². The summed E-state index contributed by atoms with van der Waals surface area (Å²) in [7, 11) is 0. The lowest BCUT2D eigenvalue weighted by Crippen LogP contribution is -2.30. The molecule has 2 aromatic rings. The van der Waals surface area contributed by atoms with Crippen molar-refractivity contribution in [1.29, 1.82) is 5.26 Å². The maximum absolute atomic E-state index is 12.1. The molecule has 0 aliphatic heterocycles. The zero-order valence-corrected chi connectivity index (χ0v) is 15.8. The summed E-state index contributed by atoms with van der Waals surface area (Å²) < 4.78 is 3.10. The minimum absolute atomic E-state index is 0.0108. The molecule has 24 heavy (non-hydrogen) atoms. The van der Waals surface area contributed by atoms with Crippen molar-refractivity contribution >= 4 is 27.9 Å². The Hall–Kier alpha value is -2.32. The minimum atomic E-state index is -0.347. The summed E-state index contributed by atoms with van der Waals surface area (Å²) in [5.74, 6) is -0.347. The number of rotatable bonds is 4. The van der Waals surface area contributed by atoms with E-state index < -0.39 is 0 Å². The Morgan fingerprint density at radius 3 is 2.62 bits per heavy atom. The van der Waals surface area contributed by atoms with Crippen LogP contribution in [0, 0.1) is 25.2 Å². The Morgan fingerprint density at radius 1 is 1.33 bits per heavy atom. The molecule has 0 saturated heterocycles. The van der Waals surface area contributed by atoms with Crippen LogP contribution in [0.15, 0.2) is 40.4 Å². The number of nitrogens with zero attached hydrogens (tertiary/aromatic N) is 2.